The Labute approximate surface area is 94.9 Å². The van der Waals surface area contributed by atoms with Crippen molar-refractivity contribution in [2.24, 2.45) is 0 Å². The first-order valence-electron chi connectivity index (χ1n) is 4.75. The van der Waals surface area contributed by atoms with Crippen LogP contribution in [0.25, 0.3) is 0 Å². The second kappa shape index (κ2) is 5.35. The quantitative estimate of drug-likeness (QED) is 0.773. The number of phenolic OH excluding ortho intramolecular Hbond substituents is 1. The van der Waals surface area contributed by atoms with Crippen LogP contribution in [0.15, 0.2) is 18.2 Å². The topological polar surface area (TPSA) is 43.7 Å². The van der Waals surface area contributed by atoms with Gasteiger partial charge in [-0.2, -0.15) is 0 Å². The highest BCUT2D eigenvalue weighted by Gasteiger charge is 2.09. The molecule has 4 heteroatoms. The molecule has 0 amide bonds. The van der Waals surface area contributed by atoms with E-state index in [2.05, 4.69) is 0 Å². The summed E-state index contributed by atoms with van der Waals surface area (Å²) in [5.74, 6) is 0.404. The van der Waals surface area contributed by atoms with E-state index in [-0.39, 0.29) is 11.6 Å². The second-order valence-corrected chi connectivity index (χ2v) is 4.10. The van der Waals surface area contributed by atoms with Gasteiger partial charge in [0.05, 0.1) is 12.0 Å². The van der Waals surface area contributed by atoms with Crippen molar-refractivity contribution in [3.8, 4) is 5.75 Å². The lowest BCUT2D eigenvalue weighted by Gasteiger charge is -2.14. The van der Waals surface area contributed by atoms with Gasteiger partial charge in [0.2, 0.25) is 0 Å². The van der Waals surface area contributed by atoms with E-state index < -0.39 is 6.10 Å². The van der Waals surface area contributed by atoms with Crippen LogP contribution in [0, 0.1) is 0 Å². The molecule has 0 heterocycles. The molecular formula is C11H16ClNO2. The molecule has 1 aromatic rings. The van der Waals surface area contributed by atoms with Crippen LogP contribution < -0.4 is 0 Å². The van der Waals surface area contributed by atoms with Gasteiger partial charge in [0, 0.05) is 12.1 Å². The number of phenols is 1. The number of aliphatic hydroxyl groups is 1. The number of aromatic hydroxyl groups is 1. The number of hydrogen-bond donors (Lipinski definition) is 2. The Hall–Kier alpha value is -0.770. The number of benzene rings is 1. The van der Waals surface area contributed by atoms with E-state index in [1.165, 1.54) is 0 Å². The van der Waals surface area contributed by atoms with Crippen LogP contribution in [0.4, 0.5) is 0 Å². The molecule has 1 unspecified atom stereocenters. The van der Waals surface area contributed by atoms with Crippen molar-refractivity contribution in [1.29, 1.82) is 0 Å². The van der Waals surface area contributed by atoms with Gasteiger partial charge in [0.25, 0.3) is 0 Å². The predicted molar refractivity (Wildman–Crippen MR) is 61.2 cm³/mol. The maximum atomic E-state index is 9.60. The molecule has 1 rings (SSSR count). The lowest BCUT2D eigenvalue weighted by Crippen LogP contribution is -2.11. The Kier molecular flexibility index (Phi) is 4.39. The molecule has 0 bridgehead atoms. The minimum atomic E-state index is -0.673. The minimum Gasteiger partial charge on any atom is -0.508 e. The van der Waals surface area contributed by atoms with Crippen molar-refractivity contribution < 1.29 is 10.2 Å². The normalized spacial score (nSPS) is 13.1. The van der Waals surface area contributed by atoms with Gasteiger partial charge in [0.15, 0.2) is 0 Å². The van der Waals surface area contributed by atoms with E-state index in [4.69, 9.17) is 11.6 Å². The molecule has 0 radical (unpaired) electrons. The van der Waals surface area contributed by atoms with Gasteiger partial charge in [-0.15, -0.1) is 11.6 Å². The van der Waals surface area contributed by atoms with Crippen molar-refractivity contribution in [2.45, 2.75) is 12.6 Å². The molecule has 3 nitrogen and oxygen atoms in total. The van der Waals surface area contributed by atoms with Gasteiger partial charge in [-0.25, -0.2) is 0 Å². The van der Waals surface area contributed by atoms with Crippen molar-refractivity contribution in [3.05, 3.63) is 29.3 Å². The fraction of sp³-hybridized carbons (Fsp3) is 0.455. The smallest absolute Gasteiger partial charge is 0.120 e. The molecule has 0 aliphatic carbocycles. The first-order valence-corrected chi connectivity index (χ1v) is 5.28. The molecule has 0 aromatic heterocycles. The lowest BCUT2D eigenvalue weighted by atomic mass is 10.1. The van der Waals surface area contributed by atoms with Crippen molar-refractivity contribution in [3.63, 3.8) is 0 Å². The van der Waals surface area contributed by atoms with E-state index in [0.29, 0.717) is 6.54 Å². The fourth-order valence-electron chi connectivity index (χ4n) is 1.37. The highest BCUT2D eigenvalue weighted by atomic mass is 35.5. The predicted octanol–water partition coefficient (Wildman–Crippen LogP) is 1.73. The Balaban J connectivity index is 2.94. The summed E-state index contributed by atoms with van der Waals surface area (Å²) in [6.45, 7) is 0.634. The van der Waals surface area contributed by atoms with E-state index in [9.17, 15) is 10.2 Å². The molecule has 0 fully saturated rings. The number of rotatable bonds is 4. The molecular weight excluding hydrogens is 214 g/mol. The molecule has 2 N–H and O–H groups in total. The van der Waals surface area contributed by atoms with Gasteiger partial charge in [-0.05, 0) is 31.8 Å². The molecule has 0 aliphatic heterocycles. The zero-order valence-electron chi connectivity index (χ0n) is 8.94. The standard InChI is InChI=1S/C11H16ClNO2/c1-13(2)7-9-5-8(11(15)6-12)3-4-10(9)14/h3-5,11,14-15H,6-7H2,1-2H3. The molecule has 0 saturated carbocycles. The maximum absolute atomic E-state index is 9.60. The molecule has 0 aliphatic rings. The molecule has 0 spiro atoms. The molecule has 15 heavy (non-hydrogen) atoms. The summed E-state index contributed by atoms with van der Waals surface area (Å²) in [6, 6.07) is 5.05. The average Bonchev–Trinajstić information content (AvgIpc) is 2.19. The first kappa shape index (κ1) is 12.3. The number of nitrogens with zero attached hydrogens (tertiary/aromatic N) is 1. The van der Waals surface area contributed by atoms with Crippen LogP contribution in [-0.2, 0) is 6.54 Å². The Bertz CT molecular complexity index is 328. The summed E-state index contributed by atoms with van der Waals surface area (Å²) >= 11 is 5.56. The molecule has 1 aromatic carbocycles. The summed E-state index contributed by atoms with van der Waals surface area (Å²) in [7, 11) is 3.84. The van der Waals surface area contributed by atoms with Crippen molar-refractivity contribution in [2.75, 3.05) is 20.0 Å². The van der Waals surface area contributed by atoms with Crippen LogP contribution >= 0.6 is 11.6 Å². The molecule has 0 saturated heterocycles. The largest absolute Gasteiger partial charge is 0.508 e. The monoisotopic (exact) mass is 229 g/mol. The summed E-state index contributed by atoms with van der Waals surface area (Å²) in [5.41, 5.74) is 1.53. The van der Waals surface area contributed by atoms with E-state index >= 15 is 0 Å². The fourth-order valence-corrected chi connectivity index (χ4v) is 1.55. The van der Waals surface area contributed by atoms with Crippen LogP contribution in [0.5, 0.6) is 5.75 Å². The highest BCUT2D eigenvalue weighted by Crippen LogP contribution is 2.23. The van der Waals surface area contributed by atoms with E-state index in [1.807, 2.05) is 19.0 Å². The van der Waals surface area contributed by atoms with Crippen molar-refractivity contribution >= 4 is 11.6 Å². The molecule has 84 valence electrons. The van der Waals surface area contributed by atoms with Crippen LogP contribution in [0.1, 0.15) is 17.2 Å². The SMILES string of the molecule is CN(C)Cc1cc(C(O)CCl)ccc1O. The zero-order valence-corrected chi connectivity index (χ0v) is 9.70. The average molecular weight is 230 g/mol. The summed E-state index contributed by atoms with van der Waals surface area (Å²) < 4.78 is 0. The third kappa shape index (κ3) is 3.38. The lowest BCUT2D eigenvalue weighted by molar-refractivity contribution is 0.202. The third-order valence-electron chi connectivity index (χ3n) is 2.12. The second-order valence-electron chi connectivity index (χ2n) is 3.80. The van der Waals surface area contributed by atoms with E-state index in [1.54, 1.807) is 18.2 Å². The van der Waals surface area contributed by atoms with Crippen molar-refractivity contribution in [1.82, 2.24) is 4.90 Å². The summed E-state index contributed by atoms with van der Waals surface area (Å²) in [6.07, 6.45) is -0.673. The van der Waals surface area contributed by atoms with Gasteiger partial charge in [-0.1, -0.05) is 6.07 Å². The maximum Gasteiger partial charge on any atom is 0.120 e. The zero-order chi connectivity index (χ0) is 11.4. The van der Waals surface area contributed by atoms with Gasteiger partial charge < -0.3 is 15.1 Å². The van der Waals surface area contributed by atoms with Crippen LogP contribution in [0.2, 0.25) is 0 Å². The Morgan fingerprint density at radius 2 is 2.07 bits per heavy atom. The minimum absolute atomic E-state index is 0.159. The third-order valence-corrected chi connectivity index (χ3v) is 2.41. The van der Waals surface area contributed by atoms with Gasteiger partial charge in [0.1, 0.15) is 5.75 Å². The molecule has 1 atom stereocenters. The Morgan fingerprint density at radius 3 is 2.60 bits per heavy atom. The van der Waals surface area contributed by atoms with Gasteiger partial charge in [-0.3, -0.25) is 0 Å². The summed E-state index contributed by atoms with van der Waals surface area (Å²) in [5, 5.41) is 19.1. The van der Waals surface area contributed by atoms with Crippen LogP contribution in [-0.4, -0.2) is 35.1 Å². The highest BCUT2D eigenvalue weighted by molar-refractivity contribution is 6.18. The Morgan fingerprint density at radius 1 is 1.40 bits per heavy atom. The van der Waals surface area contributed by atoms with Crippen LogP contribution in [0.3, 0.4) is 0 Å². The number of halogens is 1. The van der Waals surface area contributed by atoms with E-state index in [0.717, 1.165) is 11.1 Å². The first-order chi connectivity index (χ1) is 7.04. The summed E-state index contributed by atoms with van der Waals surface area (Å²) in [4.78, 5) is 1.95. The van der Waals surface area contributed by atoms with Gasteiger partial charge >= 0.3 is 0 Å². The number of hydrogen-bond acceptors (Lipinski definition) is 3. The number of aliphatic hydroxyl groups excluding tert-OH is 1. The number of alkyl halides is 1.